The van der Waals surface area contributed by atoms with Crippen LogP contribution in [0.3, 0.4) is 0 Å². The third-order valence-corrected chi connectivity index (χ3v) is 8.72. The Balaban J connectivity index is 1.55. The number of imidazole rings is 1. The lowest BCUT2D eigenvalue weighted by molar-refractivity contribution is -0.242. The molecule has 4 atom stereocenters. The summed E-state index contributed by atoms with van der Waals surface area (Å²) in [5.74, 6) is -0.355. The number of rotatable bonds is 15. The van der Waals surface area contributed by atoms with E-state index in [4.69, 9.17) is 33.4 Å². The summed E-state index contributed by atoms with van der Waals surface area (Å²) < 4.78 is 38.5. The minimum atomic E-state index is -0.946. The van der Waals surface area contributed by atoms with E-state index in [9.17, 15) is 9.59 Å². The lowest BCUT2D eigenvalue weighted by Gasteiger charge is -2.54. The largest absolute Gasteiger partial charge is 0.443 e. The van der Waals surface area contributed by atoms with Gasteiger partial charge in [0.25, 0.3) is 0 Å². The van der Waals surface area contributed by atoms with Crippen molar-refractivity contribution in [3.63, 3.8) is 0 Å². The fraction of sp³-hybridized carbons (Fsp3) is 0.525. The van der Waals surface area contributed by atoms with Gasteiger partial charge < -0.3 is 33.0 Å². The van der Waals surface area contributed by atoms with Crippen molar-refractivity contribution in [1.82, 2.24) is 19.5 Å². The average Bonchev–Trinajstić information content (AvgIpc) is 3.51. The first-order chi connectivity index (χ1) is 25.3. The van der Waals surface area contributed by atoms with Crippen molar-refractivity contribution in [3.8, 4) is 0 Å². The molecular weight excluding hydrogens is 678 g/mol. The molecular formula is C40H53N5O8. The topological polar surface area (TPSA) is 136 Å². The summed E-state index contributed by atoms with van der Waals surface area (Å²) in [6.45, 7) is 16.8. The highest BCUT2D eigenvalue weighted by Crippen LogP contribution is 2.53. The van der Waals surface area contributed by atoms with Gasteiger partial charge in [-0.3, -0.25) is 0 Å². The van der Waals surface area contributed by atoms with Crippen LogP contribution in [0.1, 0.15) is 72.6 Å². The van der Waals surface area contributed by atoms with Gasteiger partial charge in [0.2, 0.25) is 0 Å². The Morgan fingerprint density at radius 1 is 0.736 bits per heavy atom. The molecule has 2 amide bonds. The zero-order valence-electron chi connectivity index (χ0n) is 32.1. The maximum Gasteiger partial charge on any atom is 0.425 e. The monoisotopic (exact) mass is 731 g/mol. The molecule has 2 aromatic heterocycles. The fourth-order valence-corrected chi connectivity index (χ4v) is 6.60. The van der Waals surface area contributed by atoms with Crippen molar-refractivity contribution in [2.45, 2.75) is 92.1 Å². The lowest BCUT2D eigenvalue weighted by atomic mass is 9.60. The Morgan fingerprint density at radius 2 is 1.25 bits per heavy atom. The second-order valence-electron chi connectivity index (χ2n) is 15.0. The van der Waals surface area contributed by atoms with E-state index in [2.05, 4.69) is 9.97 Å². The highest BCUT2D eigenvalue weighted by molar-refractivity contribution is 6.12. The number of hydrogen-bond donors (Lipinski definition) is 0. The lowest BCUT2D eigenvalue weighted by Crippen LogP contribution is -2.57. The summed E-state index contributed by atoms with van der Waals surface area (Å²) in [4.78, 5) is 41.7. The van der Waals surface area contributed by atoms with Gasteiger partial charge >= 0.3 is 12.2 Å². The maximum atomic E-state index is 13.6. The van der Waals surface area contributed by atoms with Crippen LogP contribution in [-0.4, -0.2) is 75.6 Å². The normalized spacial score (nSPS) is 18.9. The SMILES string of the molecule is CCOC(OCC)[C@H]1[C@H](COCc2ccccc2)[C@@H](COCc2ccccc2)[C@@H]1n1cnc2c(N(C(=O)OC(C)(C)C)C(=O)OC(C)(C)C)ncnc21. The third-order valence-electron chi connectivity index (χ3n) is 8.72. The predicted molar refractivity (Wildman–Crippen MR) is 199 cm³/mol. The summed E-state index contributed by atoms with van der Waals surface area (Å²) in [5, 5.41) is 0. The third kappa shape index (κ3) is 10.2. The first kappa shape index (κ1) is 39.8. The number of benzene rings is 2. The van der Waals surface area contributed by atoms with E-state index in [0.717, 1.165) is 16.0 Å². The highest BCUT2D eigenvalue weighted by Gasteiger charge is 2.56. The number of amides is 2. The fourth-order valence-electron chi connectivity index (χ4n) is 6.60. The molecule has 1 aliphatic rings. The van der Waals surface area contributed by atoms with Crippen LogP contribution in [0.15, 0.2) is 73.3 Å². The molecule has 0 radical (unpaired) electrons. The number of ether oxygens (including phenoxy) is 6. The van der Waals surface area contributed by atoms with Crippen molar-refractivity contribution in [1.29, 1.82) is 0 Å². The van der Waals surface area contributed by atoms with Gasteiger partial charge in [-0.15, -0.1) is 0 Å². The summed E-state index contributed by atoms with van der Waals surface area (Å²) in [6, 6.07) is 19.8. The van der Waals surface area contributed by atoms with E-state index in [1.54, 1.807) is 47.9 Å². The number of hydrogen-bond acceptors (Lipinski definition) is 11. The molecule has 0 N–H and O–H groups in total. The Bertz CT molecular complexity index is 1740. The van der Waals surface area contributed by atoms with E-state index >= 15 is 0 Å². The average molecular weight is 732 g/mol. The molecule has 1 saturated carbocycles. The number of anilines is 1. The Morgan fingerprint density at radius 3 is 1.74 bits per heavy atom. The van der Waals surface area contributed by atoms with Crippen molar-refractivity contribution < 1.29 is 38.0 Å². The molecule has 0 saturated heterocycles. The molecule has 1 fully saturated rings. The molecule has 0 bridgehead atoms. The quantitative estimate of drug-likeness (QED) is 0.111. The molecule has 2 heterocycles. The number of fused-ring (bicyclic) bond motifs is 1. The van der Waals surface area contributed by atoms with E-state index in [1.165, 1.54) is 6.33 Å². The van der Waals surface area contributed by atoms with Crippen LogP contribution in [-0.2, 0) is 41.6 Å². The van der Waals surface area contributed by atoms with Gasteiger partial charge in [-0.2, -0.15) is 4.90 Å². The van der Waals surface area contributed by atoms with Crippen molar-refractivity contribution in [2.24, 2.45) is 17.8 Å². The number of carbonyl (C=O) groups is 2. The molecule has 4 aromatic rings. The first-order valence-corrected chi connectivity index (χ1v) is 18.2. The minimum absolute atomic E-state index is 0.0265. The summed E-state index contributed by atoms with van der Waals surface area (Å²) in [5.41, 5.74) is 0.964. The molecule has 53 heavy (non-hydrogen) atoms. The van der Waals surface area contributed by atoms with Crippen molar-refractivity contribution in [2.75, 3.05) is 31.3 Å². The van der Waals surface area contributed by atoms with Gasteiger partial charge in [0.05, 0.1) is 32.8 Å². The number of imide groups is 1. The molecule has 5 rings (SSSR count). The van der Waals surface area contributed by atoms with E-state index in [-0.39, 0.29) is 35.1 Å². The van der Waals surface area contributed by atoms with Crippen LogP contribution >= 0.6 is 0 Å². The Kier molecular flexibility index (Phi) is 13.2. The summed E-state index contributed by atoms with van der Waals surface area (Å²) >= 11 is 0. The standard InChI is InChI=1S/C40H53N5O8/c1-9-50-36(51-10-2)31-29(23-48-21-27-17-13-11-14-18-27)30(24-49-22-28-19-15-12-16-20-28)33(31)44-26-43-32-34(44)41-25-42-35(32)45(37(46)52-39(3,4)5)38(47)53-40(6,7)8/h11-20,25-26,29-31,33,36H,9-10,21-24H2,1-8H3/t29-,30-,31+,33+/m1/s1. The van der Waals surface area contributed by atoms with Gasteiger partial charge in [0.15, 0.2) is 23.3 Å². The van der Waals surface area contributed by atoms with Gasteiger partial charge in [0.1, 0.15) is 17.5 Å². The molecule has 13 heteroatoms. The zero-order chi connectivity index (χ0) is 38.2. The first-order valence-electron chi connectivity index (χ1n) is 18.2. The Hall–Kier alpha value is -4.43. The predicted octanol–water partition coefficient (Wildman–Crippen LogP) is 7.74. The van der Waals surface area contributed by atoms with Crippen molar-refractivity contribution in [3.05, 3.63) is 84.4 Å². The van der Waals surface area contributed by atoms with E-state index < -0.39 is 29.7 Å². The molecule has 0 spiro atoms. The second kappa shape index (κ2) is 17.6. The van der Waals surface area contributed by atoms with Crippen LogP contribution in [0.2, 0.25) is 0 Å². The second-order valence-corrected chi connectivity index (χ2v) is 15.0. The number of nitrogens with zero attached hydrogens (tertiary/aromatic N) is 5. The summed E-state index contributed by atoms with van der Waals surface area (Å²) in [6.07, 6.45) is 0.499. The van der Waals surface area contributed by atoms with E-state index in [0.29, 0.717) is 45.3 Å². The van der Waals surface area contributed by atoms with Crippen LogP contribution in [0.5, 0.6) is 0 Å². The minimum Gasteiger partial charge on any atom is -0.443 e. The van der Waals surface area contributed by atoms with Crippen molar-refractivity contribution >= 4 is 29.2 Å². The van der Waals surface area contributed by atoms with Gasteiger partial charge in [0, 0.05) is 31.1 Å². The number of aromatic nitrogens is 4. The zero-order valence-corrected chi connectivity index (χ0v) is 32.1. The molecule has 2 aromatic carbocycles. The van der Waals surface area contributed by atoms with Crippen LogP contribution in [0.25, 0.3) is 11.2 Å². The Labute approximate surface area is 311 Å². The number of carbonyl (C=O) groups excluding carboxylic acids is 2. The summed E-state index contributed by atoms with van der Waals surface area (Å²) in [7, 11) is 0. The van der Waals surface area contributed by atoms with Crippen LogP contribution in [0, 0.1) is 17.8 Å². The molecule has 0 unspecified atom stereocenters. The molecule has 1 aliphatic carbocycles. The smallest absolute Gasteiger partial charge is 0.425 e. The highest BCUT2D eigenvalue weighted by atomic mass is 16.7. The van der Waals surface area contributed by atoms with E-state index in [1.807, 2.05) is 79.1 Å². The van der Waals surface area contributed by atoms with Crippen LogP contribution in [0.4, 0.5) is 15.4 Å². The molecule has 0 aliphatic heterocycles. The van der Waals surface area contributed by atoms with Gasteiger partial charge in [-0.1, -0.05) is 60.7 Å². The van der Waals surface area contributed by atoms with Crippen LogP contribution < -0.4 is 4.90 Å². The molecule has 13 nitrogen and oxygen atoms in total. The molecule has 286 valence electrons. The van der Waals surface area contributed by atoms with Gasteiger partial charge in [-0.05, 0) is 72.4 Å². The van der Waals surface area contributed by atoms with Gasteiger partial charge in [-0.25, -0.2) is 24.5 Å². The maximum absolute atomic E-state index is 13.6.